The molecule has 0 aliphatic rings. The van der Waals surface area contributed by atoms with E-state index < -0.39 is 0 Å². The molecule has 0 unspecified atom stereocenters. The minimum atomic E-state index is 0.375. The molecule has 20 heavy (non-hydrogen) atoms. The Labute approximate surface area is 132 Å². The van der Waals surface area contributed by atoms with Gasteiger partial charge in [0.25, 0.3) is 0 Å². The smallest absolute Gasteiger partial charge is 0.207 e. The van der Waals surface area contributed by atoms with Crippen LogP contribution in [-0.2, 0) is 0 Å². The van der Waals surface area contributed by atoms with Gasteiger partial charge in [0.1, 0.15) is 11.3 Å². The van der Waals surface area contributed by atoms with Gasteiger partial charge in [0.05, 0.1) is 12.8 Å². The Hall–Kier alpha value is -1.60. The van der Waals surface area contributed by atoms with Crippen molar-refractivity contribution >= 4 is 49.0 Å². The number of nitrogen functional groups attached to an aromatic ring is 1. The third-order valence-corrected chi connectivity index (χ3v) is 3.99. The van der Waals surface area contributed by atoms with Crippen LogP contribution in [0, 0.1) is 0 Å². The maximum atomic E-state index is 6.03. The maximum Gasteiger partial charge on any atom is 0.207 e. The zero-order chi connectivity index (χ0) is 14.3. The molecule has 3 rings (SSSR count). The molecule has 0 radical (unpaired) electrons. The first kappa shape index (κ1) is 13.4. The van der Waals surface area contributed by atoms with Gasteiger partial charge in [-0.2, -0.15) is 0 Å². The Balaban J connectivity index is 2.31. The quantitative estimate of drug-likeness (QED) is 0.718. The van der Waals surface area contributed by atoms with Crippen molar-refractivity contribution in [2.24, 2.45) is 0 Å². The van der Waals surface area contributed by atoms with Gasteiger partial charge in [0, 0.05) is 21.2 Å². The van der Waals surface area contributed by atoms with E-state index in [1.54, 1.807) is 17.9 Å². The van der Waals surface area contributed by atoms with Crippen LogP contribution in [0.5, 0.6) is 5.75 Å². The predicted molar refractivity (Wildman–Crippen MR) is 85.2 cm³/mol. The van der Waals surface area contributed by atoms with Gasteiger partial charge < -0.3 is 10.5 Å². The van der Waals surface area contributed by atoms with Crippen LogP contribution in [0.3, 0.4) is 0 Å². The highest BCUT2D eigenvalue weighted by Crippen LogP contribution is 2.31. The number of fused-ring (bicyclic) bond motifs is 1. The third kappa shape index (κ3) is 2.16. The lowest BCUT2D eigenvalue weighted by Gasteiger charge is -2.10. The highest BCUT2D eigenvalue weighted by atomic mass is 79.9. The highest BCUT2D eigenvalue weighted by Gasteiger charge is 2.14. The van der Waals surface area contributed by atoms with Crippen LogP contribution >= 0.6 is 31.9 Å². The number of benzene rings is 1. The number of nitrogens with zero attached hydrogens (tertiary/aromatic N) is 3. The lowest BCUT2D eigenvalue weighted by Crippen LogP contribution is -2.02. The fourth-order valence-electron chi connectivity index (χ4n) is 1.99. The molecule has 0 aliphatic carbocycles. The van der Waals surface area contributed by atoms with Crippen molar-refractivity contribution in [1.29, 1.82) is 0 Å². The largest absolute Gasteiger partial charge is 0.497 e. The summed E-state index contributed by atoms with van der Waals surface area (Å²) in [4.78, 5) is 8.72. The van der Waals surface area contributed by atoms with Gasteiger partial charge in [-0.1, -0.05) is 0 Å². The van der Waals surface area contributed by atoms with E-state index in [2.05, 4.69) is 41.8 Å². The van der Waals surface area contributed by atoms with Crippen molar-refractivity contribution in [2.75, 3.05) is 12.8 Å². The first-order valence-corrected chi connectivity index (χ1v) is 7.32. The van der Waals surface area contributed by atoms with Crippen LogP contribution in [-0.4, -0.2) is 21.6 Å². The van der Waals surface area contributed by atoms with Crippen molar-refractivity contribution in [1.82, 2.24) is 14.5 Å². The second kappa shape index (κ2) is 5.06. The predicted octanol–water partition coefficient (Wildman–Crippen LogP) is 3.54. The molecule has 2 aromatic heterocycles. The summed E-state index contributed by atoms with van der Waals surface area (Å²) >= 11 is 6.90. The molecule has 7 heteroatoms. The average Bonchev–Trinajstić information content (AvgIpc) is 2.74. The minimum absolute atomic E-state index is 0.375. The number of aromatic nitrogens is 3. The SMILES string of the molecule is COc1ccc(Br)c(-n2c(N)nc3cc(Br)cnc32)c1. The van der Waals surface area contributed by atoms with Crippen LogP contribution in [0.15, 0.2) is 39.4 Å². The van der Waals surface area contributed by atoms with Gasteiger partial charge in [-0.25, -0.2) is 9.97 Å². The average molecular weight is 398 g/mol. The molecular formula is C13H10Br2N4O. The van der Waals surface area contributed by atoms with Crippen molar-refractivity contribution in [3.05, 3.63) is 39.4 Å². The van der Waals surface area contributed by atoms with Crippen molar-refractivity contribution in [2.45, 2.75) is 0 Å². The Bertz CT molecular complexity index is 800. The van der Waals surface area contributed by atoms with E-state index in [0.29, 0.717) is 11.6 Å². The van der Waals surface area contributed by atoms with E-state index in [1.165, 1.54) is 0 Å². The Morgan fingerprint density at radius 2 is 2.05 bits per heavy atom. The number of imidazole rings is 1. The van der Waals surface area contributed by atoms with Gasteiger partial charge in [-0.05, 0) is 50.1 Å². The molecule has 0 atom stereocenters. The first-order chi connectivity index (χ1) is 9.60. The molecule has 102 valence electrons. The first-order valence-electron chi connectivity index (χ1n) is 5.73. The number of nitrogens with two attached hydrogens (primary N) is 1. The molecule has 1 aromatic carbocycles. The van der Waals surface area contributed by atoms with Crippen LogP contribution < -0.4 is 10.5 Å². The van der Waals surface area contributed by atoms with E-state index in [4.69, 9.17) is 10.5 Å². The van der Waals surface area contributed by atoms with E-state index >= 15 is 0 Å². The number of halogens is 2. The second-order valence-corrected chi connectivity index (χ2v) is 5.89. The summed E-state index contributed by atoms with van der Waals surface area (Å²) in [7, 11) is 1.62. The monoisotopic (exact) mass is 396 g/mol. The van der Waals surface area contributed by atoms with Crippen LogP contribution in [0.1, 0.15) is 0 Å². The van der Waals surface area contributed by atoms with Gasteiger partial charge in [-0.3, -0.25) is 4.57 Å². The normalized spacial score (nSPS) is 10.9. The van der Waals surface area contributed by atoms with Gasteiger partial charge in [-0.15, -0.1) is 0 Å². The zero-order valence-corrected chi connectivity index (χ0v) is 13.6. The number of rotatable bonds is 2. The number of anilines is 1. The molecule has 0 amide bonds. The van der Waals surface area contributed by atoms with Gasteiger partial charge in [0.15, 0.2) is 5.65 Å². The number of hydrogen-bond donors (Lipinski definition) is 1. The van der Waals surface area contributed by atoms with Crippen molar-refractivity contribution in [3.8, 4) is 11.4 Å². The zero-order valence-electron chi connectivity index (χ0n) is 10.5. The lowest BCUT2D eigenvalue weighted by atomic mass is 10.3. The fourth-order valence-corrected chi connectivity index (χ4v) is 2.73. The highest BCUT2D eigenvalue weighted by molar-refractivity contribution is 9.10. The molecule has 0 saturated heterocycles. The standard InChI is InChI=1S/C13H10Br2N4O/c1-20-8-2-3-9(15)11(5-8)19-12-10(18-13(19)16)4-7(14)6-17-12/h2-6H,1H3,(H2,16,18). The topological polar surface area (TPSA) is 66.0 Å². The Kier molecular flexibility index (Phi) is 3.39. The molecule has 2 N–H and O–H groups in total. The second-order valence-electron chi connectivity index (χ2n) is 4.12. The van der Waals surface area contributed by atoms with E-state index in [9.17, 15) is 0 Å². The molecule has 0 fully saturated rings. The maximum absolute atomic E-state index is 6.03. The Morgan fingerprint density at radius 1 is 1.25 bits per heavy atom. The number of hydrogen-bond acceptors (Lipinski definition) is 4. The molecule has 0 saturated carbocycles. The summed E-state index contributed by atoms with van der Waals surface area (Å²) in [6.45, 7) is 0. The van der Waals surface area contributed by atoms with E-state index in [1.807, 2.05) is 24.3 Å². The fraction of sp³-hybridized carbons (Fsp3) is 0.0769. The van der Waals surface area contributed by atoms with Crippen LogP contribution in [0.4, 0.5) is 5.95 Å². The van der Waals surface area contributed by atoms with E-state index in [-0.39, 0.29) is 0 Å². The van der Waals surface area contributed by atoms with Crippen molar-refractivity contribution in [3.63, 3.8) is 0 Å². The van der Waals surface area contributed by atoms with Crippen molar-refractivity contribution < 1.29 is 4.74 Å². The minimum Gasteiger partial charge on any atom is -0.497 e. The van der Waals surface area contributed by atoms with Gasteiger partial charge in [0.2, 0.25) is 5.95 Å². The molecule has 3 aromatic rings. The number of methoxy groups -OCH3 is 1. The summed E-state index contributed by atoms with van der Waals surface area (Å²) in [5.74, 6) is 1.11. The van der Waals surface area contributed by atoms with Crippen LogP contribution in [0.2, 0.25) is 0 Å². The lowest BCUT2D eigenvalue weighted by molar-refractivity contribution is 0.414. The summed E-state index contributed by atoms with van der Waals surface area (Å²) in [6.07, 6.45) is 1.72. The molecular weight excluding hydrogens is 388 g/mol. The summed E-state index contributed by atoms with van der Waals surface area (Å²) in [6, 6.07) is 7.53. The van der Waals surface area contributed by atoms with E-state index in [0.717, 1.165) is 25.9 Å². The molecule has 0 bridgehead atoms. The Morgan fingerprint density at radius 3 is 2.80 bits per heavy atom. The summed E-state index contributed by atoms with van der Waals surface area (Å²) in [5.41, 5.74) is 8.29. The number of pyridine rings is 1. The summed E-state index contributed by atoms with van der Waals surface area (Å²) in [5, 5.41) is 0. The van der Waals surface area contributed by atoms with Crippen LogP contribution in [0.25, 0.3) is 16.9 Å². The molecule has 5 nitrogen and oxygen atoms in total. The third-order valence-electron chi connectivity index (χ3n) is 2.88. The number of ether oxygens (including phenoxy) is 1. The molecule has 0 spiro atoms. The van der Waals surface area contributed by atoms with Gasteiger partial charge >= 0.3 is 0 Å². The molecule has 2 heterocycles. The molecule has 0 aliphatic heterocycles. The summed E-state index contributed by atoms with van der Waals surface area (Å²) < 4.78 is 8.79.